The van der Waals surface area contributed by atoms with E-state index in [2.05, 4.69) is 4.98 Å². The maximum Gasteiger partial charge on any atom is 0.341 e. The number of esters is 1. The number of likely N-dealkylation sites (N-methyl/N-ethyl adjacent to an activating group) is 1. The highest BCUT2D eigenvalue weighted by Gasteiger charge is 2.27. The average Bonchev–Trinajstić information content (AvgIpc) is 2.65. The van der Waals surface area contributed by atoms with Crippen LogP contribution in [0.5, 0.6) is 0 Å². The molecule has 5 nitrogen and oxygen atoms in total. The van der Waals surface area contributed by atoms with Gasteiger partial charge >= 0.3 is 5.97 Å². The molecule has 27 heavy (non-hydrogen) atoms. The number of halogens is 1. The van der Waals surface area contributed by atoms with E-state index in [0.29, 0.717) is 22.2 Å². The normalized spacial score (nSPS) is 11.9. The highest BCUT2D eigenvalue weighted by atomic mass is 19.1. The van der Waals surface area contributed by atoms with Crippen LogP contribution in [0.15, 0.2) is 54.6 Å². The summed E-state index contributed by atoms with van der Waals surface area (Å²) in [5, 5.41) is 0.615. The van der Waals surface area contributed by atoms with Crippen molar-refractivity contribution in [1.82, 2.24) is 9.88 Å². The van der Waals surface area contributed by atoms with Gasteiger partial charge in [0.25, 0.3) is 5.91 Å². The Hall–Kier alpha value is -3.28. The topological polar surface area (TPSA) is 59.5 Å². The molecule has 0 unspecified atom stereocenters. The first-order chi connectivity index (χ1) is 12.9. The molecule has 2 aromatic carbocycles. The van der Waals surface area contributed by atoms with Crippen molar-refractivity contribution in [3.05, 3.63) is 77.2 Å². The first kappa shape index (κ1) is 18.5. The van der Waals surface area contributed by atoms with Gasteiger partial charge in [0.1, 0.15) is 5.82 Å². The quantitative estimate of drug-likeness (QED) is 0.661. The third-order valence-corrected chi connectivity index (χ3v) is 4.18. The molecule has 0 bridgehead atoms. The SMILES string of the molecule is Cc1nc2cc(F)ccc2cc1C(=O)O[C@H](C(=O)N(C)C)c1ccccc1. The Labute approximate surface area is 156 Å². The lowest BCUT2D eigenvalue weighted by Crippen LogP contribution is -2.31. The number of fused-ring (bicyclic) bond motifs is 1. The summed E-state index contributed by atoms with van der Waals surface area (Å²) in [6.07, 6.45) is -1.06. The van der Waals surface area contributed by atoms with E-state index in [1.807, 2.05) is 6.07 Å². The van der Waals surface area contributed by atoms with Gasteiger partial charge in [0.15, 0.2) is 0 Å². The Morgan fingerprint density at radius 3 is 2.44 bits per heavy atom. The molecule has 1 atom stereocenters. The van der Waals surface area contributed by atoms with Crippen molar-refractivity contribution < 1.29 is 18.7 Å². The molecule has 6 heteroatoms. The van der Waals surface area contributed by atoms with Crippen LogP contribution in [-0.4, -0.2) is 35.9 Å². The molecule has 0 fully saturated rings. The minimum atomic E-state index is -1.06. The minimum Gasteiger partial charge on any atom is -0.444 e. The van der Waals surface area contributed by atoms with E-state index in [1.54, 1.807) is 57.4 Å². The Bertz CT molecular complexity index is 1000. The van der Waals surface area contributed by atoms with Gasteiger partial charge in [-0.2, -0.15) is 0 Å². The van der Waals surface area contributed by atoms with Gasteiger partial charge in [-0.05, 0) is 25.1 Å². The summed E-state index contributed by atoms with van der Waals surface area (Å²) in [4.78, 5) is 31.0. The van der Waals surface area contributed by atoms with Gasteiger partial charge in [-0.1, -0.05) is 30.3 Å². The molecule has 1 amide bonds. The predicted molar refractivity (Wildman–Crippen MR) is 99.7 cm³/mol. The second kappa shape index (κ2) is 7.53. The molecule has 0 aliphatic carbocycles. The van der Waals surface area contributed by atoms with Crippen LogP contribution in [0.25, 0.3) is 10.9 Å². The molecule has 3 aromatic rings. The van der Waals surface area contributed by atoms with Crippen LogP contribution in [0.4, 0.5) is 4.39 Å². The summed E-state index contributed by atoms with van der Waals surface area (Å²) in [6.45, 7) is 1.65. The van der Waals surface area contributed by atoms with Crippen LogP contribution in [0, 0.1) is 12.7 Å². The number of aryl methyl sites for hydroxylation is 1. The molecule has 0 saturated carbocycles. The fraction of sp³-hybridized carbons (Fsp3) is 0.190. The molecule has 0 aliphatic rings. The van der Waals surface area contributed by atoms with Gasteiger partial charge < -0.3 is 9.64 Å². The number of aromatic nitrogens is 1. The summed E-state index contributed by atoms with van der Waals surface area (Å²) in [5.74, 6) is -1.40. The molecule has 0 spiro atoms. The molecule has 1 aromatic heterocycles. The number of benzene rings is 2. The number of carbonyl (C=O) groups is 2. The van der Waals surface area contributed by atoms with E-state index >= 15 is 0 Å². The second-order valence-corrected chi connectivity index (χ2v) is 6.39. The van der Waals surface area contributed by atoms with Crippen molar-refractivity contribution >= 4 is 22.8 Å². The van der Waals surface area contributed by atoms with E-state index in [-0.39, 0.29) is 11.5 Å². The number of pyridine rings is 1. The number of hydrogen-bond acceptors (Lipinski definition) is 4. The Morgan fingerprint density at radius 1 is 1.07 bits per heavy atom. The van der Waals surface area contributed by atoms with Gasteiger partial charge in [0.2, 0.25) is 6.10 Å². The second-order valence-electron chi connectivity index (χ2n) is 6.39. The first-order valence-corrected chi connectivity index (χ1v) is 8.41. The Morgan fingerprint density at radius 2 is 1.78 bits per heavy atom. The van der Waals surface area contributed by atoms with Crippen molar-refractivity contribution in [3.8, 4) is 0 Å². The maximum absolute atomic E-state index is 13.4. The van der Waals surface area contributed by atoms with Crippen molar-refractivity contribution in [2.75, 3.05) is 14.1 Å². The zero-order chi connectivity index (χ0) is 19.6. The molecule has 0 radical (unpaired) electrons. The monoisotopic (exact) mass is 366 g/mol. The lowest BCUT2D eigenvalue weighted by molar-refractivity contribution is -0.138. The highest BCUT2D eigenvalue weighted by molar-refractivity contribution is 5.96. The Kier molecular flexibility index (Phi) is 5.16. The van der Waals surface area contributed by atoms with Crippen LogP contribution in [0.1, 0.15) is 27.7 Å². The molecular weight excluding hydrogens is 347 g/mol. The molecular formula is C21H19FN2O3. The lowest BCUT2D eigenvalue weighted by atomic mass is 10.1. The number of amides is 1. The minimum absolute atomic E-state index is 0.238. The highest BCUT2D eigenvalue weighted by Crippen LogP contribution is 2.24. The summed E-state index contributed by atoms with van der Waals surface area (Å²) in [7, 11) is 3.20. The van der Waals surface area contributed by atoms with E-state index in [1.165, 1.54) is 17.0 Å². The number of rotatable bonds is 4. The van der Waals surface area contributed by atoms with E-state index < -0.39 is 17.9 Å². The van der Waals surface area contributed by atoms with Gasteiger partial charge in [-0.3, -0.25) is 9.78 Å². The van der Waals surface area contributed by atoms with E-state index in [4.69, 9.17) is 4.74 Å². The zero-order valence-corrected chi connectivity index (χ0v) is 15.3. The zero-order valence-electron chi connectivity index (χ0n) is 15.3. The van der Waals surface area contributed by atoms with Crippen LogP contribution in [-0.2, 0) is 9.53 Å². The van der Waals surface area contributed by atoms with Gasteiger partial charge in [-0.25, -0.2) is 9.18 Å². The van der Waals surface area contributed by atoms with Crippen LogP contribution in [0.2, 0.25) is 0 Å². The largest absolute Gasteiger partial charge is 0.444 e. The van der Waals surface area contributed by atoms with Crippen molar-refractivity contribution in [2.45, 2.75) is 13.0 Å². The van der Waals surface area contributed by atoms with Crippen LogP contribution in [0.3, 0.4) is 0 Å². The molecule has 1 heterocycles. The van der Waals surface area contributed by atoms with Crippen molar-refractivity contribution in [1.29, 1.82) is 0 Å². The fourth-order valence-electron chi connectivity index (χ4n) is 2.74. The summed E-state index contributed by atoms with van der Waals surface area (Å²) in [6, 6.07) is 14.6. The van der Waals surface area contributed by atoms with E-state index in [0.717, 1.165) is 0 Å². The third kappa shape index (κ3) is 3.95. The molecule has 0 N–H and O–H groups in total. The van der Waals surface area contributed by atoms with Gasteiger partial charge in [-0.15, -0.1) is 0 Å². The lowest BCUT2D eigenvalue weighted by Gasteiger charge is -2.21. The molecule has 0 aliphatic heterocycles. The number of hydrogen-bond donors (Lipinski definition) is 0. The van der Waals surface area contributed by atoms with Crippen molar-refractivity contribution in [3.63, 3.8) is 0 Å². The number of carbonyl (C=O) groups excluding carboxylic acids is 2. The summed E-state index contributed by atoms with van der Waals surface area (Å²) in [5.41, 5.74) is 1.68. The maximum atomic E-state index is 13.4. The summed E-state index contributed by atoms with van der Waals surface area (Å²) < 4.78 is 18.9. The predicted octanol–water partition coefficient (Wildman–Crippen LogP) is 3.67. The van der Waals surface area contributed by atoms with Crippen LogP contribution >= 0.6 is 0 Å². The Balaban J connectivity index is 1.96. The number of ether oxygens (including phenoxy) is 1. The smallest absolute Gasteiger partial charge is 0.341 e. The first-order valence-electron chi connectivity index (χ1n) is 8.41. The molecule has 0 saturated heterocycles. The van der Waals surface area contributed by atoms with Gasteiger partial charge in [0.05, 0.1) is 16.8 Å². The number of nitrogens with zero attached hydrogens (tertiary/aromatic N) is 2. The average molecular weight is 366 g/mol. The van der Waals surface area contributed by atoms with E-state index in [9.17, 15) is 14.0 Å². The fourth-order valence-corrected chi connectivity index (χ4v) is 2.74. The standard InChI is InChI=1S/C21H19FN2O3/c1-13-17(11-15-9-10-16(22)12-18(15)23-13)21(26)27-19(20(25)24(2)3)14-7-5-4-6-8-14/h4-12,19H,1-3H3/t19-/m0/s1. The molecule has 138 valence electrons. The summed E-state index contributed by atoms with van der Waals surface area (Å²) >= 11 is 0. The van der Waals surface area contributed by atoms with Crippen LogP contribution < -0.4 is 0 Å². The van der Waals surface area contributed by atoms with Gasteiger partial charge in [0, 0.05) is 31.1 Å². The third-order valence-electron chi connectivity index (χ3n) is 4.18. The molecule has 3 rings (SSSR count). The van der Waals surface area contributed by atoms with Crippen molar-refractivity contribution in [2.24, 2.45) is 0 Å².